The maximum absolute atomic E-state index is 14.0. The second kappa shape index (κ2) is 27.9. The first kappa shape index (κ1) is 66.2. The minimum atomic E-state index is -1.21. The van der Waals surface area contributed by atoms with Crippen molar-refractivity contribution < 1.29 is 68.3 Å². The van der Waals surface area contributed by atoms with Crippen molar-refractivity contribution in [3.63, 3.8) is 0 Å². The molecule has 15 nitrogen and oxygen atoms in total. The molecule has 11 rings (SSSR count). The van der Waals surface area contributed by atoms with Gasteiger partial charge in [-0.2, -0.15) is 0 Å². The van der Waals surface area contributed by atoms with E-state index in [0.29, 0.717) is 56.7 Å². The van der Waals surface area contributed by atoms with Gasteiger partial charge in [0.1, 0.15) is 23.5 Å². The molecule has 6 bridgehead atoms. The lowest BCUT2D eigenvalue weighted by Gasteiger charge is -2.42. The number of carbonyl (C=O) groups is 6. The van der Waals surface area contributed by atoms with Gasteiger partial charge in [0, 0.05) is 105 Å². The number of nitrogens with zero attached hydrogens (tertiary/aromatic N) is 5. The van der Waals surface area contributed by atoms with Crippen LogP contribution < -0.4 is 22.5 Å². The fourth-order valence-electron chi connectivity index (χ4n) is 14.7. The van der Waals surface area contributed by atoms with Crippen LogP contribution in [0.1, 0.15) is 133 Å². The van der Waals surface area contributed by atoms with Gasteiger partial charge in [-0.05, 0) is 182 Å². The van der Waals surface area contributed by atoms with E-state index in [1.807, 2.05) is 14.7 Å². The molecule has 6 saturated heterocycles. The van der Waals surface area contributed by atoms with Crippen LogP contribution in [-0.4, -0.2) is 148 Å². The van der Waals surface area contributed by atoms with Gasteiger partial charge in [0.2, 0.25) is 35.4 Å². The van der Waals surface area contributed by atoms with E-state index in [0.717, 1.165) is 82.4 Å². The molecule has 0 radical (unpaired) electrons. The average Bonchev–Trinajstić information content (AvgIpc) is 4.26. The Bertz CT molecular complexity index is 3060. The van der Waals surface area contributed by atoms with Crippen LogP contribution >= 0.6 is 0 Å². The van der Waals surface area contributed by atoms with Crippen molar-refractivity contribution in [2.75, 3.05) is 27.2 Å². The fourth-order valence-corrected chi connectivity index (χ4v) is 14.7. The molecule has 0 aromatic heterocycles. The molecule has 3 aromatic carbocycles. The minimum absolute atomic E-state index is 0.0299. The molecular formula is C64H82F9N9O6. The van der Waals surface area contributed by atoms with Crippen molar-refractivity contribution in [1.29, 1.82) is 0 Å². The van der Waals surface area contributed by atoms with Crippen LogP contribution in [0.25, 0.3) is 0 Å². The fraction of sp³-hybridized carbons (Fsp3) is 0.625. The molecule has 0 spiro atoms. The van der Waals surface area contributed by atoms with Crippen LogP contribution in [0, 0.1) is 81.9 Å². The molecule has 6 aliphatic heterocycles. The SMILES string of the molecule is CC(=O)N(C)CC(=O)N1[C@@H]2CC[C@H]1CC([C@H](N)Cc1cc(F)c(F)cc1F)C2.CN(CC(=O)N1[C@@H]2CC[C@H]1CC([C@H](N)Cc1cc(F)c(F)cc1F)C2)C(=O)C1CC1.C[C@H](NC(=O)C1CC1)C(=O)N1[C@@H]2CC[C@H]1CC([C@H](N)Cc1cc(F)c(F)cc1F)C2. The molecule has 2 saturated carbocycles. The Balaban J connectivity index is 0.000000157. The molecule has 8 fully saturated rings. The largest absolute Gasteiger partial charge is 0.344 e. The summed E-state index contributed by atoms with van der Waals surface area (Å²) in [4.78, 5) is 82.6. The molecule has 88 heavy (non-hydrogen) atoms. The zero-order valence-electron chi connectivity index (χ0n) is 50.3. The average molecular weight is 1240 g/mol. The second-order valence-corrected chi connectivity index (χ2v) is 26.2. The van der Waals surface area contributed by atoms with Gasteiger partial charge < -0.3 is 47.0 Å². The van der Waals surface area contributed by atoms with Gasteiger partial charge in [0.15, 0.2) is 34.9 Å². The first-order chi connectivity index (χ1) is 41.6. The standard InChI is InChI=1S/2C22H28F3N3O2.C20H26F3N3O2/c1-27(22(30)12-2-3-12)11-21(29)28-15-4-5-16(28)7-14(6-15)20(26)9-13-8-18(24)19(25)10-17(13)23;1-11(27-21(29)12-2-3-12)22(30)28-15-4-5-16(28)7-14(6-15)20(26)9-13-8-18(24)19(25)10-17(13)23;1-11(27)25(2)10-20(28)26-14-3-4-15(26)6-13(5-14)19(24)8-12-7-17(22)18(23)9-16(12)21/h8,10,12,14-16,20H,2-7,9,11,26H2,1H3;8,10-12,14-16,20H,2-7,9,26H2,1H3,(H,27,29);7,9,13-15,19H,3-6,8,10,24H2,1-2H3/t14?,15-,16+,20-;11-,14?,15-,16+,20+;13?,14-,15+,19-/m101/s1. The number of benzene rings is 3. The zero-order chi connectivity index (χ0) is 63.7. The third-order valence-corrected chi connectivity index (χ3v) is 19.9. The van der Waals surface area contributed by atoms with E-state index in [1.54, 1.807) is 21.0 Å². The topological polar surface area (TPSA) is 209 Å². The number of amides is 6. The summed E-state index contributed by atoms with van der Waals surface area (Å²) in [7, 11) is 3.28. The highest BCUT2D eigenvalue weighted by Gasteiger charge is 2.49. The van der Waals surface area contributed by atoms with E-state index in [2.05, 4.69) is 5.32 Å². The summed E-state index contributed by atoms with van der Waals surface area (Å²) in [6.45, 7) is 3.30. The van der Waals surface area contributed by atoms with Gasteiger partial charge in [0.25, 0.3) is 0 Å². The summed E-state index contributed by atoms with van der Waals surface area (Å²) in [6.07, 6.45) is 13.4. The van der Waals surface area contributed by atoms with Gasteiger partial charge in [-0.15, -0.1) is 0 Å². The first-order valence-corrected chi connectivity index (χ1v) is 31.0. The predicted molar refractivity (Wildman–Crippen MR) is 307 cm³/mol. The third-order valence-electron chi connectivity index (χ3n) is 19.9. The number of fused-ring (bicyclic) bond motifs is 6. The number of hydrogen-bond donors (Lipinski definition) is 4. The molecule has 6 amide bonds. The van der Waals surface area contributed by atoms with Gasteiger partial charge in [-0.1, -0.05) is 0 Å². The highest BCUT2D eigenvalue weighted by atomic mass is 19.2. The molecule has 13 atom stereocenters. The van der Waals surface area contributed by atoms with Crippen molar-refractivity contribution in [1.82, 2.24) is 29.8 Å². The van der Waals surface area contributed by atoms with Crippen molar-refractivity contribution in [3.05, 3.63) is 105 Å². The Morgan fingerprint density at radius 1 is 0.455 bits per heavy atom. The van der Waals surface area contributed by atoms with Gasteiger partial charge in [-0.25, -0.2) is 39.5 Å². The molecule has 2 aliphatic carbocycles. The van der Waals surface area contributed by atoms with Crippen LogP contribution in [-0.2, 0) is 48.0 Å². The maximum Gasteiger partial charge on any atom is 0.245 e. The van der Waals surface area contributed by atoms with E-state index in [9.17, 15) is 68.3 Å². The van der Waals surface area contributed by atoms with E-state index in [1.165, 1.54) is 16.7 Å². The Morgan fingerprint density at radius 2 is 0.750 bits per heavy atom. The normalized spacial score (nSPS) is 26.4. The summed E-state index contributed by atoms with van der Waals surface area (Å²) < 4.78 is 122. The highest BCUT2D eigenvalue weighted by molar-refractivity contribution is 5.90. The number of piperidine rings is 3. The van der Waals surface area contributed by atoms with Crippen molar-refractivity contribution in [2.45, 2.75) is 196 Å². The van der Waals surface area contributed by atoms with Gasteiger partial charge in [0.05, 0.1) is 13.1 Å². The zero-order valence-corrected chi connectivity index (χ0v) is 50.3. The number of carbonyl (C=O) groups excluding carboxylic acids is 6. The van der Waals surface area contributed by atoms with E-state index >= 15 is 0 Å². The first-order valence-electron chi connectivity index (χ1n) is 31.0. The molecule has 24 heteroatoms. The smallest absolute Gasteiger partial charge is 0.245 e. The predicted octanol–water partition coefficient (Wildman–Crippen LogP) is 7.49. The molecule has 7 N–H and O–H groups in total. The molecule has 3 aromatic rings. The van der Waals surface area contributed by atoms with E-state index in [-0.39, 0.29) is 150 Å². The number of nitrogens with two attached hydrogens (primary N) is 3. The van der Waals surface area contributed by atoms with Crippen LogP contribution in [0.5, 0.6) is 0 Å². The maximum atomic E-state index is 14.0. The Hall–Kier alpha value is -6.27. The molecule has 8 aliphatic rings. The minimum Gasteiger partial charge on any atom is -0.344 e. The van der Waals surface area contributed by atoms with Crippen LogP contribution in [0.2, 0.25) is 0 Å². The lowest BCUT2D eigenvalue weighted by Crippen LogP contribution is -2.55. The third kappa shape index (κ3) is 15.5. The van der Waals surface area contributed by atoms with Crippen molar-refractivity contribution in [2.24, 2.45) is 46.8 Å². The molecule has 6 heterocycles. The van der Waals surface area contributed by atoms with Gasteiger partial charge in [-0.3, -0.25) is 28.8 Å². The number of hydrogen-bond acceptors (Lipinski definition) is 9. The lowest BCUT2D eigenvalue weighted by molar-refractivity contribution is -0.143. The Kier molecular flexibility index (Phi) is 20.9. The highest BCUT2D eigenvalue weighted by Crippen LogP contribution is 2.44. The molecule has 482 valence electrons. The Labute approximate surface area is 507 Å². The lowest BCUT2D eigenvalue weighted by atomic mass is 9.82. The summed E-state index contributed by atoms with van der Waals surface area (Å²) in [5, 5.41) is 2.83. The quantitative estimate of drug-likeness (QED) is 0.0779. The number of halogens is 9. The van der Waals surface area contributed by atoms with Crippen LogP contribution in [0.4, 0.5) is 39.5 Å². The van der Waals surface area contributed by atoms with Crippen LogP contribution in [0.15, 0.2) is 36.4 Å². The molecular weight excluding hydrogens is 1160 g/mol. The summed E-state index contributed by atoms with van der Waals surface area (Å²) in [6, 6.07) is 2.85. The summed E-state index contributed by atoms with van der Waals surface area (Å²) in [5.41, 5.74) is 19.2. The Morgan fingerprint density at radius 3 is 1.06 bits per heavy atom. The summed E-state index contributed by atoms with van der Waals surface area (Å²) in [5.74, 6) is -9.23. The summed E-state index contributed by atoms with van der Waals surface area (Å²) >= 11 is 0. The van der Waals surface area contributed by atoms with Crippen molar-refractivity contribution in [3.8, 4) is 0 Å². The monoisotopic (exact) mass is 1240 g/mol. The number of rotatable bonds is 17. The van der Waals surface area contributed by atoms with E-state index in [4.69, 9.17) is 17.2 Å². The van der Waals surface area contributed by atoms with Gasteiger partial charge >= 0.3 is 0 Å². The van der Waals surface area contributed by atoms with Crippen molar-refractivity contribution >= 4 is 35.4 Å². The van der Waals surface area contributed by atoms with Crippen LogP contribution in [0.3, 0.4) is 0 Å². The molecule has 3 unspecified atom stereocenters. The van der Waals surface area contributed by atoms with E-state index < -0.39 is 76.5 Å². The number of likely N-dealkylation sites (N-methyl/N-ethyl adjacent to an activating group) is 2. The second-order valence-electron chi connectivity index (χ2n) is 26.2. The number of nitrogens with one attached hydrogen (secondary N) is 1.